The summed E-state index contributed by atoms with van der Waals surface area (Å²) in [6.45, 7) is 21.0. The molecule has 34 N–H and O–H groups in total. The van der Waals surface area contributed by atoms with E-state index in [2.05, 4.69) is 16.0 Å². The number of hydrogen-bond donors (Lipinski definition) is 24. The largest absolute Gasteiger partial charge is 0.481 e. The average Bonchev–Trinajstić information content (AvgIpc) is 1.69. The minimum absolute atomic E-state index is 0.0208. The molecule has 1 fully saturated rings. The van der Waals surface area contributed by atoms with Crippen molar-refractivity contribution >= 4 is 82.5 Å². The van der Waals surface area contributed by atoms with Crippen molar-refractivity contribution in [3.05, 3.63) is 71.9 Å². The molecule has 4 rings (SSSR count). The third kappa shape index (κ3) is 65.1. The molecule has 2 aromatic carbocycles. The number of para-hydroxylation sites is 1. The molecule has 576 valence electrons. The van der Waals surface area contributed by atoms with Crippen molar-refractivity contribution in [2.45, 2.75) is 201 Å². The highest BCUT2D eigenvalue weighted by Crippen LogP contribution is 2.19. The second kappa shape index (κ2) is 61.3. The Labute approximate surface area is 582 Å². The van der Waals surface area contributed by atoms with Crippen LogP contribution < -0.4 is 62.7 Å². The van der Waals surface area contributed by atoms with Gasteiger partial charge in [-0.15, -0.1) is 0 Å². The fourth-order valence-corrected chi connectivity index (χ4v) is 6.49. The Morgan fingerprint density at radius 2 is 0.820 bits per heavy atom. The second-order valence-corrected chi connectivity index (χ2v) is 23.8. The van der Waals surface area contributed by atoms with Gasteiger partial charge in [-0.1, -0.05) is 124 Å². The quantitative estimate of drug-likeness (QED) is 0.0509. The highest BCUT2D eigenvalue weighted by molar-refractivity contribution is 5.84. The van der Waals surface area contributed by atoms with Crippen LogP contribution in [0.3, 0.4) is 0 Å². The number of carboxylic acids is 12. The third-order valence-electron chi connectivity index (χ3n) is 12.6. The minimum Gasteiger partial charge on any atom is -0.481 e. The number of nitrogens with one attached hydrogen (secondary N) is 2. The van der Waals surface area contributed by atoms with Gasteiger partial charge in [0.2, 0.25) is 0 Å². The Morgan fingerprint density at radius 3 is 1.06 bits per heavy atom. The lowest BCUT2D eigenvalue weighted by molar-refractivity contribution is -0.141. The van der Waals surface area contributed by atoms with E-state index in [0.29, 0.717) is 49.9 Å². The molecule has 100 heavy (non-hydrogen) atoms. The van der Waals surface area contributed by atoms with Gasteiger partial charge < -0.3 is 129 Å². The van der Waals surface area contributed by atoms with Crippen LogP contribution in [0.4, 0.5) is 0 Å². The molecule has 0 unspecified atom stereocenters. The maximum Gasteiger partial charge on any atom is 0.320 e. The van der Waals surface area contributed by atoms with Crippen LogP contribution in [-0.4, -0.2) is 211 Å². The zero-order chi connectivity index (χ0) is 79.9. The van der Waals surface area contributed by atoms with Crippen molar-refractivity contribution in [3.63, 3.8) is 0 Å². The molecule has 0 spiro atoms. The first-order chi connectivity index (χ1) is 45.9. The van der Waals surface area contributed by atoms with Gasteiger partial charge >= 0.3 is 71.6 Å². The van der Waals surface area contributed by atoms with Gasteiger partial charge in [0, 0.05) is 29.9 Å². The summed E-state index contributed by atoms with van der Waals surface area (Å²) in [5.41, 5.74) is 54.2. The average molecular weight is 1440 g/mol. The van der Waals surface area contributed by atoms with E-state index in [0.717, 1.165) is 47.8 Å². The summed E-state index contributed by atoms with van der Waals surface area (Å²) in [4.78, 5) is 123. The van der Waals surface area contributed by atoms with E-state index in [4.69, 9.17) is 113 Å². The van der Waals surface area contributed by atoms with Crippen LogP contribution in [-0.2, 0) is 70.4 Å². The first-order valence-corrected chi connectivity index (χ1v) is 31.4. The maximum atomic E-state index is 10.6. The number of aliphatic carboxylic acids is 12. The first kappa shape index (κ1) is 105. The van der Waals surface area contributed by atoms with E-state index in [1.807, 2.05) is 116 Å². The molecule has 36 nitrogen and oxygen atoms in total. The summed E-state index contributed by atoms with van der Waals surface area (Å²) in [5, 5.41) is 103. The van der Waals surface area contributed by atoms with Crippen molar-refractivity contribution in [1.82, 2.24) is 10.3 Å². The molecule has 0 aliphatic carbocycles. The van der Waals surface area contributed by atoms with Crippen LogP contribution in [0.1, 0.15) is 139 Å². The standard InChI is InChI=1S/C11H12N2O2.C9H11NO2.4C6H13NO2.C5H9NO4.C5H9NO2.C5H11NO2.C3H7NO2.C2H5NO2/c12-9(11(14)15)5-7-6-13-10-4-2-1-3-8(7)10;10-8(9(11)12)6-7-4-2-1-3-5-7;3*1-4(2)3-5(7)6(8)9;1-3-4(2)5(7)6(8)9;6-3(5(9)10)1-2-4(7)8;7-5(8)4-2-1-3-6-4;1-3(2)4(6)5(7)8;1-2(4)3(5)6;3-1-2(4)5/h1-4,6,9,13H,5,12H2,(H,14,15);1-5,8H,6,10H2,(H,11,12);4*4-5H,3,7H2,1-2H3,(H,8,9);3H,1-2,6H2,(H,7,8)(H,9,10);4,6H,1-3H2,(H,7,8);3-4H,6H2,1-2H3,(H,7,8);2H,4H2,1H3,(H,5,6);1,3H2,(H,4,5)/t9-;8-;3*5-;4-,5-;3-;2*4-;2-;/m0000000000./s1. The molecule has 3 aromatic rings. The molecule has 0 saturated carbocycles. The number of hydrogen-bond acceptors (Lipinski definition) is 23. The smallest absolute Gasteiger partial charge is 0.320 e. The van der Waals surface area contributed by atoms with Gasteiger partial charge in [-0.3, -0.25) is 57.5 Å². The summed E-state index contributed by atoms with van der Waals surface area (Å²) in [5.74, 6) is -10.2. The molecule has 1 aliphatic rings. The second-order valence-electron chi connectivity index (χ2n) is 23.8. The van der Waals surface area contributed by atoms with E-state index in [1.165, 1.54) is 6.92 Å². The molecular weight excluding hydrogens is 1320 g/mol. The van der Waals surface area contributed by atoms with Gasteiger partial charge in [0.1, 0.15) is 60.4 Å². The fourth-order valence-electron chi connectivity index (χ4n) is 6.49. The van der Waals surface area contributed by atoms with E-state index < -0.39 is 126 Å². The Hall–Kier alpha value is -8.82. The van der Waals surface area contributed by atoms with Crippen molar-refractivity contribution in [2.24, 2.45) is 86.9 Å². The topological polar surface area (TPSA) is 736 Å². The van der Waals surface area contributed by atoms with Gasteiger partial charge in [0.05, 0.1) is 6.54 Å². The summed E-state index contributed by atoms with van der Waals surface area (Å²) in [7, 11) is 0. The van der Waals surface area contributed by atoms with Gasteiger partial charge in [0.15, 0.2) is 0 Å². The predicted molar refractivity (Wildman–Crippen MR) is 373 cm³/mol. The SMILES string of the molecule is CC(C)C[C@H](N)C(=O)O.CC(C)C[C@H](N)C(=O)O.CC(C)C[C@H](N)C(=O)O.CC(C)[C@H](N)C(=O)O.CC[C@H](C)[C@H](N)C(=O)O.C[C@H](N)C(=O)O.NCC(=O)O.N[C@@H](CCC(=O)O)C(=O)O.N[C@@H](Cc1c[nH]c2ccccc12)C(=O)O.N[C@@H](Cc1ccccc1)C(=O)O.O=C(O)[C@@H]1CCCN1. The summed E-state index contributed by atoms with van der Waals surface area (Å²) in [6, 6.07) is 9.92. The molecule has 0 radical (unpaired) electrons. The Bertz CT molecular complexity index is 2710. The Balaban J connectivity index is -0.000000192. The van der Waals surface area contributed by atoms with Crippen LogP contribution in [0.25, 0.3) is 10.9 Å². The summed E-state index contributed by atoms with van der Waals surface area (Å²) in [6.07, 6.45) is 6.57. The van der Waals surface area contributed by atoms with Gasteiger partial charge in [-0.2, -0.15) is 0 Å². The lowest BCUT2D eigenvalue weighted by atomic mass is 10.0. The molecule has 11 atom stereocenters. The zero-order valence-electron chi connectivity index (χ0n) is 59.0. The molecular formula is C64H116N12O24. The van der Waals surface area contributed by atoms with Crippen molar-refractivity contribution in [3.8, 4) is 0 Å². The van der Waals surface area contributed by atoms with E-state index in [-0.39, 0.29) is 37.3 Å². The van der Waals surface area contributed by atoms with Crippen LogP contribution in [0.2, 0.25) is 0 Å². The number of rotatable bonds is 27. The molecule has 1 aromatic heterocycles. The zero-order valence-corrected chi connectivity index (χ0v) is 59.0. The van der Waals surface area contributed by atoms with Crippen LogP contribution in [0, 0.1) is 29.6 Å². The van der Waals surface area contributed by atoms with Crippen molar-refractivity contribution in [2.75, 3.05) is 13.1 Å². The molecule has 0 bridgehead atoms. The maximum absolute atomic E-state index is 10.6. The lowest BCUT2D eigenvalue weighted by Crippen LogP contribution is -2.36. The highest BCUT2D eigenvalue weighted by atomic mass is 16.4. The van der Waals surface area contributed by atoms with Crippen molar-refractivity contribution < 1.29 is 119 Å². The monoisotopic (exact) mass is 1440 g/mol. The van der Waals surface area contributed by atoms with Crippen LogP contribution in [0.15, 0.2) is 60.8 Å². The molecule has 1 aliphatic heterocycles. The molecule has 36 heteroatoms. The number of nitrogens with two attached hydrogens (primary N) is 10. The van der Waals surface area contributed by atoms with E-state index in [9.17, 15) is 57.5 Å². The molecule has 2 heterocycles. The number of fused-ring (bicyclic) bond motifs is 1. The molecule has 0 amide bonds. The highest BCUT2D eigenvalue weighted by Gasteiger charge is 2.21. The van der Waals surface area contributed by atoms with Crippen LogP contribution in [0.5, 0.6) is 0 Å². The Morgan fingerprint density at radius 1 is 0.460 bits per heavy atom. The first-order valence-electron chi connectivity index (χ1n) is 31.4. The van der Waals surface area contributed by atoms with Gasteiger partial charge in [-0.25, -0.2) is 0 Å². The summed E-state index contributed by atoms with van der Waals surface area (Å²) >= 11 is 0. The number of H-pyrrole nitrogens is 1. The number of aromatic nitrogens is 1. The van der Waals surface area contributed by atoms with E-state index in [1.54, 1.807) is 13.8 Å². The number of benzene rings is 2. The van der Waals surface area contributed by atoms with Gasteiger partial charge in [-0.05, 0) is 105 Å². The number of carbonyl (C=O) groups is 12. The predicted octanol–water partition coefficient (Wildman–Crippen LogP) is 1.13. The lowest BCUT2D eigenvalue weighted by Gasteiger charge is -2.11. The normalized spacial score (nSPS) is 14.5. The van der Waals surface area contributed by atoms with E-state index >= 15 is 0 Å². The fraction of sp³-hybridized carbons (Fsp3) is 0.594. The Kier molecular flexibility index (Phi) is 64.1. The number of aromatic amines is 1. The number of carboxylic acid groups (broad SMARTS) is 12. The third-order valence-corrected chi connectivity index (χ3v) is 12.6. The van der Waals surface area contributed by atoms with Crippen molar-refractivity contribution in [1.29, 1.82) is 0 Å². The minimum atomic E-state index is -1.17. The van der Waals surface area contributed by atoms with Crippen LogP contribution >= 0.6 is 0 Å². The summed E-state index contributed by atoms with van der Waals surface area (Å²) < 4.78 is 0. The molecule has 1 saturated heterocycles. The van der Waals surface area contributed by atoms with Gasteiger partial charge in [0.25, 0.3) is 0 Å².